The van der Waals surface area contributed by atoms with Gasteiger partial charge in [-0.2, -0.15) is 0 Å². The lowest BCUT2D eigenvalue weighted by Crippen LogP contribution is -2.36. The number of morpholine rings is 1. The van der Waals surface area contributed by atoms with E-state index in [1.165, 1.54) is 0 Å². The van der Waals surface area contributed by atoms with E-state index in [2.05, 4.69) is 47.1 Å². The Morgan fingerprint density at radius 2 is 1.75 bits per heavy atom. The standard InChI is InChI=1S/C34H36ClNO4/c1-3-27(34(37)38)24-30-12-15-32(23-25(30)2)40-20-16-33(29-10-13-31(35)14-11-29)28-8-6-26(7-9-28)5-4-17-36-18-21-39-22-19-36/h6-16,23,27H,3,17-22,24H2,1-2H3,(H,37,38)/b33-16+. The second kappa shape index (κ2) is 14.7. The molecule has 1 aliphatic rings. The summed E-state index contributed by atoms with van der Waals surface area (Å²) >= 11 is 6.16. The number of aryl methyl sites for hydroxylation is 1. The molecule has 1 saturated heterocycles. The monoisotopic (exact) mass is 557 g/mol. The van der Waals surface area contributed by atoms with Crippen molar-refractivity contribution in [2.24, 2.45) is 5.92 Å². The smallest absolute Gasteiger partial charge is 0.306 e. The molecule has 3 aromatic rings. The van der Waals surface area contributed by atoms with E-state index < -0.39 is 5.97 Å². The molecule has 0 aliphatic carbocycles. The van der Waals surface area contributed by atoms with E-state index in [9.17, 15) is 9.90 Å². The fourth-order valence-corrected chi connectivity index (χ4v) is 4.78. The summed E-state index contributed by atoms with van der Waals surface area (Å²) in [7, 11) is 0. The first-order valence-corrected chi connectivity index (χ1v) is 14.1. The third-order valence-electron chi connectivity index (χ3n) is 7.15. The number of carboxylic acids is 1. The molecule has 4 rings (SSSR count). The Balaban J connectivity index is 1.46. The third-order valence-corrected chi connectivity index (χ3v) is 7.40. The number of ether oxygens (including phenoxy) is 2. The van der Waals surface area contributed by atoms with Crippen LogP contribution in [0.4, 0.5) is 0 Å². The van der Waals surface area contributed by atoms with Crippen LogP contribution in [-0.4, -0.2) is 55.4 Å². The Morgan fingerprint density at radius 1 is 1.07 bits per heavy atom. The molecular weight excluding hydrogens is 522 g/mol. The SMILES string of the molecule is CCC(Cc1ccc(OC/C=C(/c2ccc(Cl)cc2)c2ccc(C#CCN3CCOCC3)cc2)cc1C)C(=O)O. The van der Waals surface area contributed by atoms with Gasteiger partial charge in [-0.15, -0.1) is 0 Å². The molecule has 0 radical (unpaired) electrons. The van der Waals surface area contributed by atoms with Gasteiger partial charge in [0, 0.05) is 23.7 Å². The number of hydrogen-bond acceptors (Lipinski definition) is 4. The van der Waals surface area contributed by atoms with Crippen LogP contribution in [0.25, 0.3) is 5.57 Å². The maximum absolute atomic E-state index is 11.4. The minimum atomic E-state index is -0.754. The van der Waals surface area contributed by atoms with Crippen LogP contribution < -0.4 is 4.74 Å². The van der Waals surface area contributed by atoms with Gasteiger partial charge >= 0.3 is 5.97 Å². The maximum atomic E-state index is 11.4. The van der Waals surface area contributed by atoms with Crippen molar-refractivity contribution in [1.82, 2.24) is 4.90 Å². The molecule has 0 bridgehead atoms. The van der Waals surface area contributed by atoms with Gasteiger partial charge in [-0.05, 0) is 90.1 Å². The van der Waals surface area contributed by atoms with Crippen molar-refractivity contribution in [2.45, 2.75) is 26.7 Å². The molecule has 0 spiro atoms. The molecule has 0 aromatic heterocycles. The van der Waals surface area contributed by atoms with Gasteiger partial charge in [-0.3, -0.25) is 9.69 Å². The highest BCUT2D eigenvalue weighted by Crippen LogP contribution is 2.26. The molecule has 40 heavy (non-hydrogen) atoms. The zero-order valence-corrected chi connectivity index (χ0v) is 23.9. The van der Waals surface area contributed by atoms with E-state index >= 15 is 0 Å². The van der Waals surface area contributed by atoms with Gasteiger partial charge in [0.25, 0.3) is 0 Å². The van der Waals surface area contributed by atoms with Gasteiger partial charge in [0.15, 0.2) is 0 Å². The highest BCUT2D eigenvalue weighted by molar-refractivity contribution is 6.30. The van der Waals surface area contributed by atoms with Gasteiger partial charge < -0.3 is 14.6 Å². The summed E-state index contributed by atoms with van der Waals surface area (Å²) in [6.45, 7) is 8.44. The molecule has 6 heteroatoms. The fourth-order valence-electron chi connectivity index (χ4n) is 4.66. The van der Waals surface area contributed by atoms with E-state index in [4.69, 9.17) is 21.1 Å². The number of halogens is 1. The molecule has 0 amide bonds. The minimum absolute atomic E-state index is 0.377. The van der Waals surface area contributed by atoms with E-state index in [1.54, 1.807) is 0 Å². The zero-order valence-electron chi connectivity index (χ0n) is 23.2. The molecule has 0 saturated carbocycles. The normalized spacial score (nSPS) is 14.7. The molecule has 208 valence electrons. The highest BCUT2D eigenvalue weighted by atomic mass is 35.5. The molecule has 1 N–H and O–H groups in total. The first-order chi connectivity index (χ1) is 19.4. The first kappa shape index (κ1) is 29.4. The Morgan fingerprint density at radius 3 is 2.38 bits per heavy atom. The lowest BCUT2D eigenvalue weighted by Gasteiger charge is -2.24. The van der Waals surface area contributed by atoms with Crippen molar-refractivity contribution in [1.29, 1.82) is 0 Å². The van der Waals surface area contributed by atoms with Crippen LogP contribution in [0.5, 0.6) is 5.75 Å². The molecule has 5 nitrogen and oxygen atoms in total. The molecule has 3 aromatic carbocycles. The van der Waals surface area contributed by atoms with E-state index in [1.807, 2.05) is 56.3 Å². The number of carbonyl (C=O) groups is 1. The quantitative estimate of drug-likeness (QED) is 0.288. The summed E-state index contributed by atoms with van der Waals surface area (Å²) in [5, 5.41) is 10.1. The lowest BCUT2D eigenvalue weighted by molar-refractivity contribution is -0.141. The van der Waals surface area contributed by atoms with Crippen molar-refractivity contribution in [3.05, 3.63) is 106 Å². The van der Waals surface area contributed by atoms with Crippen LogP contribution in [0.2, 0.25) is 5.02 Å². The molecule has 1 aliphatic heterocycles. The number of benzene rings is 3. The van der Waals surface area contributed by atoms with E-state index in [-0.39, 0.29) is 5.92 Å². The Hall–Kier alpha value is -3.56. The third kappa shape index (κ3) is 8.47. The maximum Gasteiger partial charge on any atom is 0.306 e. The number of hydrogen-bond donors (Lipinski definition) is 1. The first-order valence-electron chi connectivity index (χ1n) is 13.7. The van der Waals surface area contributed by atoms with Gasteiger partial charge in [-0.25, -0.2) is 0 Å². The van der Waals surface area contributed by atoms with Crippen molar-refractivity contribution >= 4 is 23.1 Å². The summed E-state index contributed by atoms with van der Waals surface area (Å²) in [6.07, 6.45) is 3.20. The Kier molecular flexibility index (Phi) is 10.8. The van der Waals surface area contributed by atoms with Crippen molar-refractivity contribution in [3.8, 4) is 17.6 Å². The number of carboxylic acid groups (broad SMARTS) is 1. The lowest BCUT2D eigenvalue weighted by atomic mass is 9.94. The molecule has 1 fully saturated rings. The fraction of sp³-hybridized carbons (Fsp3) is 0.324. The van der Waals surface area contributed by atoms with Crippen LogP contribution in [-0.2, 0) is 16.0 Å². The van der Waals surface area contributed by atoms with Crippen LogP contribution in [0.3, 0.4) is 0 Å². The van der Waals surface area contributed by atoms with Gasteiger partial charge in [0.2, 0.25) is 0 Å². The summed E-state index contributed by atoms with van der Waals surface area (Å²) < 4.78 is 11.5. The summed E-state index contributed by atoms with van der Waals surface area (Å²) in [4.78, 5) is 13.7. The average molecular weight is 558 g/mol. The topological polar surface area (TPSA) is 59.0 Å². The summed E-state index contributed by atoms with van der Waals surface area (Å²) in [5.41, 5.74) is 6.20. The predicted molar refractivity (Wildman–Crippen MR) is 161 cm³/mol. The second-order valence-corrected chi connectivity index (χ2v) is 10.4. The average Bonchev–Trinajstić information content (AvgIpc) is 2.96. The number of nitrogens with zero attached hydrogens (tertiary/aromatic N) is 1. The van der Waals surface area contributed by atoms with Crippen molar-refractivity contribution < 1.29 is 19.4 Å². The number of rotatable bonds is 10. The highest BCUT2D eigenvalue weighted by Gasteiger charge is 2.17. The van der Waals surface area contributed by atoms with Crippen LogP contribution in [0.15, 0.2) is 72.8 Å². The molecule has 1 heterocycles. The Bertz CT molecular complexity index is 1360. The zero-order chi connectivity index (χ0) is 28.3. The van der Waals surface area contributed by atoms with Crippen LogP contribution >= 0.6 is 11.6 Å². The summed E-state index contributed by atoms with van der Waals surface area (Å²) in [5.74, 6) is 6.17. The van der Waals surface area contributed by atoms with Gasteiger partial charge in [-0.1, -0.05) is 60.7 Å². The van der Waals surface area contributed by atoms with Crippen molar-refractivity contribution in [2.75, 3.05) is 39.5 Å². The number of aliphatic carboxylic acids is 1. The Labute approximate surface area is 242 Å². The van der Waals surface area contributed by atoms with Crippen LogP contribution in [0.1, 0.15) is 41.2 Å². The van der Waals surface area contributed by atoms with Crippen LogP contribution in [0, 0.1) is 24.7 Å². The van der Waals surface area contributed by atoms with E-state index in [0.717, 1.165) is 72.0 Å². The van der Waals surface area contributed by atoms with Gasteiger partial charge in [0.1, 0.15) is 12.4 Å². The summed E-state index contributed by atoms with van der Waals surface area (Å²) in [6, 6.07) is 21.9. The molecule has 1 unspecified atom stereocenters. The molecular formula is C34H36ClNO4. The minimum Gasteiger partial charge on any atom is -0.490 e. The predicted octanol–water partition coefficient (Wildman–Crippen LogP) is 6.50. The molecule has 1 atom stereocenters. The largest absolute Gasteiger partial charge is 0.490 e. The second-order valence-electron chi connectivity index (χ2n) is 9.94. The van der Waals surface area contributed by atoms with Gasteiger partial charge in [0.05, 0.1) is 25.7 Å². The van der Waals surface area contributed by atoms with E-state index in [0.29, 0.717) is 24.5 Å². The van der Waals surface area contributed by atoms with Crippen molar-refractivity contribution in [3.63, 3.8) is 0 Å².